The van der Waals surface area contributed by atoms with Crippen LogP contribution in [0.25, 0.3) is 0 Å². The number of carbonyl (C=O) groups excluding carboxylic acids is 1. The van der Waals surface area contributed by atoms with Crippen LogP contribution in [0.3, 0.4) is 0 Å². The highest BCUT2D eigenvalue weighted by molar-refractivity contribution is 6.74. The van der Waals surface area contributed by atoms with Crippen molar-refractivity contribution in [2.45, 2.75) is 130 Å². The Labute approximate surface area is 217 Å². The molecule has 0 radical (unpaired) electrons. The van der Waals surface area contributed by atoms with Gasteiger partial charge in [0, 0.05) is 12.5 Å². The molecular weight excluding hydrogens is 448 g/mol. The summed E-state index contributed by atoms with van der Waals surface area (Å²) in [6.45, 7) is 19.5. The van der Waals surface area contributed by atoms with Crippen LogP contribution in [-0.4, -0.2) is 27.5 Å². The third kappa shape index (κ3) is 4.85. The summed E-state index contributed by atoms with van der Waals surface area (Å²) in [5, 5.41) is 0.278. The smallest absolute Gasteiger partial charge is 0.305 e. The Morgan fingerprint density at radius 1 is 1.11 bits per heavy atom. The van der Waals surface area contributed by atoms with Crippen molar-refractivity contribution < 1.29 is 14.0 Å². The van der Waals surface area contributed by atoms with Crippen LogP contribution in [0.5, 0.6) is 0 Å². The van der Waals surface area contributed by atoms with Crippen LogP contribution in [0.1, 0.15) is 106 Å². The van der Waals surface area contributed by atoms with Crippen molar-refractivity contribution in [3.05, 3.63) is 11.6 Å². The van der Waals surface area contributed by atoms with Gasteiger partial charge in [-0.1, -0.05) is 53.2 Å². The van der Waals surface area contributed by atoms with Crippen LogP contribution in [0, 0.1) is 40.4 Å². The molecule has 0 spiro atoms. The van der Waals surface area contributed by atoms with Crippen molar-refractivity contribution in [2.75, 3.05) is 7.11 Å². The highest BCUT2D eigenvalue weighted by Crippen LogP contribution is 2.67. The van der Waals surface area contributed by atoms with E-state index in [1.165, 1.54) is 58.5 Å². The van der Waals surface area contributed by atoms with Gasteiger partial charge in [0.25, 0.3) is 0 Å². The summed E-state index contributed by atoms with van der Waals surface area (Å²) in [5.41, 5.74) is 2.56. The second kappa shape index (κ2) is 9.60. The van der Waals surface area contributed by atoms with Crippen LogP contribution in [0.4, 0.5) is 0 Å². The molecule has 0 aromatic rings. The first-order valence-corrected chi connectivity index (χ1v) is 17.6. The van der Waals surface area contributed by atoms with Gasteiger partial charge in [-0.2, -0.15) is 0 Å². The summed E-state index contributed by atoms with van der Waals surface area (Å²) in [5.74, 6) is 3.85. The predicted octanol–water partition coefficient (Wildman–Crippen LogP) is 8.55. The summed E-state index contributed by atoms with van der Waals surface area (Å²) >= 11 is 0. The molecule has 0 N–H and O–H groups in total. The average molecular weight is 503 g/mol. The van der Waals surface area contributed by atoms with Crippen LogP contribution < -0.4 is 0 Å². The average Bonchev–Trinajstić information content (AvgIpc) is 3.13. The molecule has 3 saturated carbocycles. The third-order valence-electron chi connectivity index (χ3n) is 12.1. The second-order valence-corrected chi connectivity index (χ2v) is 19.6. The number of carbonyl (C=O) groups is 1. The van der Waals surface area contributed by atoms with E-state index < -0.39 is 8.32 Å². The van der Waals surface area contributed by atoms with E-state index in [2.05, 4.69) is 60.7 Å². The zero-order chi connectivity index (χ0) is 25.8. The highest BCUT2D eigenvalue weighted by Gasteiger charge is 2.59. The van der Waals surface area contributed by atoms with E-state index in [0.29, 0.717) is 29.3 Å². The lowest BCUT2D eigenvalue weighted by atomic mass is 9.47. The van der Waals surface area contributed by atoms with E-state index in [4.69, 9.17) is 9.16 Å². The first-order valence-electron chi connectivity index (χ1n) is 14.7. The Morgan fingerprint density at radius 2 is 1.83 bits per heavy atom. The SMILES string of the molecule is COC(=O)CC[C@@H](C)[C@H]1CC[C@H]2[C@@H]3CC=C4CC(O[Si](C)(C)C(C)(C)C)CC[C@]4(C)[C@H]3CC[C@]12C. The monoisotopic (exact) mass is 502 g/mol. The number of fused-ring (bicyclic) bond motifs is 5. The normalized spacial score (nSPS) is 40.3. The molecule has 3 fully saturated rings. The summed E-state index contributed by atoms with van der Waals surface area (Å²) in [7, 11) is -0.213. The first-order chi connectivity index (χ1) is 16.2. The third-order valence-corrected chi connectivity index (χ3v) is 16.7. The quantitative estimate of drug-likeness (QED) is 0.207. The number of hydrogen-bond donors (Lipinski definition) is 0. The molecule has 4 rings (SSSR count). The minimum atomic E-state index is -1.73. The molecule has 4 aliphatic rings. The maximum Gasteiger partial charge on any atom is 0.305 e. The summed E-state index contributed by atoms with van der Waals surface area (Å²) < 4.78 is 11.8. The molecule has 4 aliphatic carbocycles. The van der Waals surface area contributed by atoms with E-state index in [-0.39, 0.29) is 11.0 Å². The van der Waals surface area contributed by atoms with Crippen LogP contribution >= 0.6 is 0 Å². The van der Waals surface area contributed by atoms with E-state index >= 15 is 0 Å². The molecule has 0 amide bonds. The largest absolute Gasteiger partial charge is 0.469 e. The lowest BCUT2D eigenvalue weighted by Crippen LogP contribution is -2.52. The maximum atomic E-state index is 11.8. The molecule has 0 bridgehead atoms. The molecule has 1 unspecified atom stereocenters. The van der Waals surface area contributed by atoms with Gasteiger partial charge < -0.3 is 9.16 Å². The van der Waals surface area contributed by atoms with Gasteiger partial charge in [-0.3, -0.25) is 4.79 Å². The fraction of sp³-hybridized carbons (Fsp3) is 0.903. The minimum absolute atomic E-state index is 0.0498. The number of rotatable bonds is 6. The first kappa shape index (κ1) is 27.4. The zero-order valence-corrected chi connectivity index (χ0v) is 25.3. The molecule has 0 saturated heterocycles. The van der Waals surface area contributed by atoms with E-state index in [1.54, 1.807) is 5.57 Å². The molecule has 200 valence electrons. The van der Waals surface area contributed by atoms with Crippen molar-refractivity contribution >= 4 is 14.3 Å². The number of allylic oxidation sites excluding steroid dienone is 1. The van der Waals surface area contributed by atoms with Gasteiger partial charge in [0.05, 0.1) is 7.11 Å². The van der Waals surface area contributed by atoms with Crippen molar-refractivity contribution in [1.82, 2.24) is 0 Å². The number of methoxy groups -OCH3 is 1. The molecular formula is C31H54O3Si. The Kier molecular flexibility index (Phi) is 7.52. The lowest BCUT2D eigenvalue weighted by Gasteiger charge is -2.59. The topological polar surface area (TPSA) is 35.5 Å². The molecule has 0 aromatic heterocycles. The van der Waals surface area contributed by atoms with Crippen LogP contribution in [0.15, 0.2) is 11.6 Å². The number of esters is 1. The fourth-order valence-corrected chi connectivity index (χ4v) is 10.3. The maximum absolute atomic E-state index is 11.8. The minimum Gasteiger partial charge on any atom is -0.469 e. The Balaban J connectivity index is 1.47. The Morgan fingerprint density at radius 3 is 2.49 bits per heavy atom. The molecule has 0 aromatic carbocycles. The molecule has 8 atom stereocenters. The van der Waals surface area contributed by atoms with Gasteiger partial charge in [-0.25, -0.2) is 0 Å². The predicted molar refractivity (Wildman–Crippen MR) is 148 cm³/mol. The fourth-order valence-electron chi connectivity index (χ4n) is 8.95. The number of hydrogen-bond acceptors (Lipinski definition) is 3. The molecule has 3 nitrogen and oxygen atoms in total. The van der Waals surface area contributed by atoms with Crippen molar-refractivity contribution in [3.63, 3.8) is 0 Å². The standard InChI is InChI=1S/C31H54O3Si/c1-21(10-15-28(32)33-7)25-13-14-26-24-12-11-22-20-23(34-35(8,9)29(2,3)4)16-18-30(22,5)27(24)17-19-31(25,26)6/h11,21,23-27H,10,12-20H2,1-9H3/t21-,23?,24+,25-,26+,27+,30+,31-/m1/s1. The van der Waals surface area contributed by atoms with Crippen LogP contribution in [-0.2, 0) is 14.0 Å². The zero-order valence-electron chi connectivity index (χ0n) is 24.3. The summed E-state index contributed by atoms with van der Waals surface area (Å²) in [6, 6.07) is 0. The second-order valence-electron chi connectivity index (χ2n) is 14.8. The van der Waals surface area contributed by atoms with E-state index in [9.17, 15) is 4.79 Å². The van der Waals surface area contributed by atoms with Gasteiger partial charge in [-0.15, -0.1) is 0 Å². The number of ether oxygens (including phenoxy) is 1. The van der Waals surface area contributed by atoms with Gasteiger partial charge in [0.15, 0.2) is 8.32 Å². The van der Waals surface area contributed by atoms with Crippen molar-refractivity contribution in [2.24, 2.45) is 40.4 Å². The Hall–Kier alpha value is -0.613. The lowest BCUT2D eigenvalue weighted by molar-refractivity contribution is -0.141. The summed E-state index contributed by atoms with van der Waals surface area (Å²) in [4.78, 5) is 11.8. The molecule has 4 heteroatoms. The molecule has 0 heterocycles. The van der Waals surface area contributed by atoms with Crippen LogP contribution in [0.2, 0.25) is 18.1 Å². The van der Waals surface area contributed by atoms with Crippen molar-refractivity contribution in [3.8, 4) is 0 Å². The summed E-state index contributed by atoms with van der Waals surface area (Å²) in [6.07, 6.45) is 15.2. The molecule has 0 aliphatic heterocycles. The van der Waals surface area contributed by atoms with Gasteiger partial charge in [-0.05, 0) is 116 Å². The van der Waals surface area contributed by atoms with E-state index in [0.717, 1.165) is 30.1 Å². The highest BCUT2D eigenvalue weighted by atomic mass is 28.4. The Bertz CT molecular complexity index is 826. The van der Waals surface area contributed by atoms with Gasteiger partial charge in [0.2, 0.25) is 0 Å². The van der Waals surface area contributed by atoms with Crippen molar-refractivity contribution in [1.29, 1.82) is 0 Å². The van der Waals surface area contributed by atoms with E-state index in [1.807, 2.05) is 0 Å². The van der Waals surface area contributed by atoms with Gasteiger partial charge in [0.1, 0.15) is 0 Å². The molecule has 35 heavy (non-hydrogen) atoms. The van der Waals surface area contributed by atoms with Gasteiger partial charge >= 0.3 is 5.97 Å².